The first-order valence-corrected chi connectivity index (χ1v) is 12.5. The van der Waals surface area contributed by atoms with Crippen LogP contribution in [0.25, 0.3) is 11.1 Å². The Balaban J connectivity index is 1.47. The minimum Gasteiger partial charge on any atom is -0.366 e. The van der Waals surface area contributed by atoms with Gasteiger partial charge in [-0.15, -0.1) is 0 Å². The van der Waals surface area contributed by atoms with Crippen molar-refractivity contribution in [3.8, 4) is 11.1 Å². The molecular weight excluding hydrogens is 470 g/mol. The molecule has 1 saturated carbocycles. The summed E-state index contributed by atoms with van der Waals surface area (Å²) in [4.78, 5) is 31.3. The molecule has 4 rings (SSSR count). The Morgan fingerprint density at radius 3 is 2.54 bits per heavy atom. The van der Waals surface area contributed by atoms with E-state index in [9.17, 15) is 14.9 Å². The molecule has 37 heavy (non-hydrogen) atoms. The normalized spacial score (nSPS) is 17.2. The van der Waals surface area contributed by atoms with Gasteiger partial charge in [-0.1, -0.05) is 30.3 Å². The highest BCUT2D eigenvalue weighted by atomic mass is 16.6. The number of amides is 1. The number of nitrogens with one attached hydrogen (secondary N) is 2. The minimum absolute atomic E-state index is 0.145. The number of rotatable bonds is 10. The zero-order chi connectivity index (χ0) is 26.4. The number of carbonyl (C=O) groups is 1. The van der Waals surface area contributed by atoms with Crippen LogP contribution in [0, 0.1) is 28.9 Å². The number of carbonyl (C=O) groups excluding carboxylic acids is 1. The quantitative estimate of drug-likeness (QED) is 0.236. The predicted octanol–water partition coefficient (Wildman–Crippen LogP) is 4.25. The highest BCUT2D eigenvalue weighted by Gasteiger charge is 2.23. The van der Waals surface area contributed by atoms with Crippen molar-refractivity contribution >= 4 is 23.4 Å². The van der Waals surface area contributed by atoms with Gasteiger partial charge in [-0.25, -0.2) is 4.98 Å². The van der Waals surface area contributed by atoms with Gasteiger partial charge in [0, 0.05) is 18.7 Å². The van der Waals surface area contributed by atoms with Crippen LogP contribution in [0.2, 0.25) is 0 Å². The fourth-order valence-corrected chi connectivity index (χ4v) is 4.84. The lowest BCUT2D eigenvalue weighted by molar-refractivity contribution is -0.384. The smallest absolute Gasteiger partial charge is 0.329 e. The summed E-state index contributed by atoms with van der Waals surface area (Å²) in [7, 11) is 0. The number of hydrogen-bond donors (Lipinski definition) is 4. The van der Waals surface area contributed by atoms with Crippen LogP contribution >= 0.6 is 0 Å². The zero-order valence-corrected chi connectivity index (χ0v) is 20.9. The Morgan fingerprint density at radius 1 is 1.11 bits per heavy atom. The zero-order valence-electron chi connectivity index (χ0n) is 20.9. The van der Waals surface area contributed by atoms with Gasteiger partial charge in [0.05, 0.1) is 4.92 Å². The van der Waals surface area contributed by atoms with Crippen LogP contribution in [0.4, 0.5) is 17.5 Å². The molecule has 10 nitrogen and oxygen atoms in total. The molecule has 1 amide bonds. The van der Waals surface area contributed by atoms with Gasteiger partial charge in [0.25, 0.3) is 0 Å². The van der Waals surface area contributed by atoms with Gasteiger partial charge >= 0.3 is 5.69 Å². The van der Waals surface area contributed by atoms with Crippen molar-refractivity contribution in [3.05, 3.63) is 75.5 Å². The SMILES string of the molecule is Cc1c(CNc2ncc([N+](=O)[O-])c(NCC3CCC(CN)CC3)n2)cccc1-c1cccc(C(N)=O)c1. The van der Waals surface area contributed by atoms with Crippen molar-refractivity contribution in [3.63, 3.8) is 0 Å². The van der Waals surface area contributed by atoms with Gasteiger partial charge in [0.2, 0.25) is 17.7 Å². The topological polar surface area (TPSA) is 162 Å². The Bertz CT molecular complexity index is 1270. The van der Waals surface area contributed by atoms with Crippen molar-refractivity contribution < 1.29 is 9.72 Å². The summed E-state index contributed by atoms with van der Waals surface area (Å²) in [5.41, 5.74) is 15.5. The summed E-state index contributed by atoms with van der Waals surface area (Å²) in [6.45, 7) is 3.77. The Labute approximate surface area is 216 Å². The van der Waals surface area contributed by atoms with Crippen LogP contribution in [0.1, 0.15) is 47.2 Å². The molecule has 10 heteroatoms. The summed E-state index contributed by atoms with van der Waals surface area (Å²) in [5.74, 6) is 1.07. The molecule has 1 fully saturated rings. The third-order valence-corrected chi connectivity index (χ3v) is 7.17. The van der Waals surface area contributed by atoms with Crippen molar-refractivity contribution in [2.24, 2.45) is 23.3 Å². The lowest BCUT2D eigenvalue weighted by Gasteiger charge is -2.27. The van der Waals surface area contributed by atoms with Crippen LogP contribution in [0.15, 0.2) is 48.7 Å². The number of aromatic nitrogens is 2. The molecule has 1 heterocycles. The van der Waals surface area contributed by atoms with Crippen LogP contribution in [-0.4, -0.2) is 33.9 Å². The second-order valence-electron chi connectivity index (χ2n) is 9.58. The van der Waals surface area contributed by atoms with Crippen LogP contribution in [0.3, 0.4) is 0 Å². The molecule has 1 aromatic heterocycles. The standard InChI is InChI=1S/C27H33N7O3/c1-17-22(6-3-7-23(17)20-4-2-5-21(12-20)25(29)35)15-31-27-32-16-24(34(36)37)26(33-27)30-14-19-10-8-18(13-28)9-11-19/h2-7,12,16,18-19H,8-11,13-15,28H2,1H3,(H2,29,35)(H2,30,31,32,33). The van der Waals surface area contributed by atoms with E-state index in [4.69, 9.17) is 11.5 Å². The van der Waals surface area contributed by atoms with Gasteiger partial charge in [-0.05, 0) is 85.4 Å². The van der Waals surface area contributed by atoms with Gasteiger partial charge in [-0.3, -0.25) is 14.9 Å². The van der Waals surface area contributed by atoms with Crippen LogP contribution < -0.4 is 22.1 Å². The Kier molecular flexibility index (Phi) is 8.29. The van der Waals surface area contributed by atoms with Gasteiger partial charge < -0.3 is 22.1 Å². The molecule has 6 N–H and O–H groups in total. The van der Waals surface area contributed by atoms with E-state index in [1.54, 1.807) is 12.1 Å². The van der Waals surface area contributed by atoms with Crippen molar-refractivity contribution in [2.45, 2.75) is 39.2 Å². The summed E-state index contributed by atoms with van der Waals surface area (Å²) in [5, 5.41) is 17.9. The predicted molar refractivity (Wildman–Crippen MR) is 144 cm³/mol. The summed E-state index contributed by atoms with van der Waals surface area (Å²) >= 11 is 0. The Morgan fingerprint density at radius 2 is 1.84 bits per heavy atom. The maximum absolute atomic E-state index is 11.6. The molecule has 2 aromatic carbocycles. The minimum atomic E-state index is -0.472. The van der Waals surface area contributed by atoms with E-state index in [1.165, 1.54) is 6.20 Å². The van der Waals surface area contributed by atoms with E-state index in [1.807, 2.05) is 37.3 Å². The van der Waals surface area contributed by atoms with Gasteiger partial charge in [0.1, 0.15) is 6.20 Å². The first-order valence-electron chi connectivity index (χ1n) is 12.5. The van der Waals surface area contributed by atoms with Crippen molar-refractivity contribution in [2.75, 3.05) is 23.7 Å². The highest BCUT2D eigenvalue weighted by molar-refractivity contribution is 5.94. The molecular formula is C27H33N7O3. The summed E-state index contributed by atoms with van der Waals surface area (Å²) in [6, 6.07) is 13.1. The van der Waals surface area contributed by atoms with Gasteiger partial charge in [-0.2, -0.15) is 4.98 Å². The molecule has 3 aromatic rings. The highest BCUT2D eigenvalue weighted by Crippen LogP contribution is 2.30. The summed E-state index contributed by atoms with van der Waals surface area (Å²) < 4.78 is 0. The number of nitro groups is 1. The lowest BCUT2D eigenvalue weighted by atomic mass is 9.82. The van der Waals surface area contributed by atoms with E-state index in [0.717, 1.165) is 47.9 Å². The fraction of sp³-hybridized carbons (Fsp3) is 0.370. The first kappa shape index (κ1) is 26.0. The second kappa shape index (κ2) is 11.8. The number of hydrogen-bond acceptors (Lipinski definition) is 8. The molecule has 1 aliphatic rings. The molecule has 0 atom stereocenters. The number of anilines is 2. The van der Waals surface area contributed by atoms with E-state index >= 15 is 0 Å². The second-order valence-corrected chi connectivity index (χ2v) is 9.58. The van der Waals surface area contributed by atoms with E-state index in [2.05, 4.69) is 20.6 Å². The third kappa shape index (κ3) is 6.39. The largest absolute Gasteiger partial charge is 0.366 e. The van der Waals surface area contributed by atoms with Gasteiger partial charge in [0.15, 0.2) is 0 Å². The lowest BCUT2D eigenvalue weighted by Crippen LogP contribution is -2.25. The van der Waals surface area contributed by atoms with E-state index < -0.39 is 10.8 Å². The number of benzene rings is 2. The molecule has 0 aliphatic heterocycles. The first-order chi connectivity index (χ1) is 17.9. The molecule has 0 saturated heterocycles. The molecule has 1 aliphatic carbocycles. The van der Waals surface area contributed by atoms with E-state index in [-0.39, 0.29) is 11.5 Å². The van der Waals surface area contributed by atoms with Crippen molar-refractivity contribution in [1.29, 1.82) is 0 Å². The van der Waals surface area contributed by atoms with Crippen molar-refractivity contribution in [1.82, 2.24) is 9.97 Å². The summed E-state index contributed by atoms with van der Waals surface area (Å²) in [6.07, 6.45) is 5.52. The number of nitrogens with zero attached hydrogens (tertiary/aromatic N) is 3. The third-order valence-electron chi connectivity index (χ3n) is 7.17. The molecule has 194 valence electrons. The monoisotopic (exact) mass is 503 g/mol. The average molecular weight is 504 g/mol. The van der Waals surface area contributed by atoms with E-state index in [0.29, 0.717) is 43.0 Å². The maximum Gasteiger partial charge on any atom is 0.329 e. The maximum atomic E-state index is 11.6. The van der Waals surface area contributed by atoms with Crippen LogP contribution in [0.5, 0.6) is 0 Å². The average Bonchev–Trinajstić information content (AvgIpc) is 2.91. The number of nitrogens with two attached hydrogens (primary N) is 2. The van der Waals surface area contributed by atoms with Crippen LogP contribution in [-0.2, 0) is 6.54 Å². The Hall–Kier alpha value is -4.05. The molecule has 0 spiro atoms. The molecule has 0 bridgehead atoms. The molecule has 0 radical (unpaired) electrons. The fourth-order valence-electron chi connectivity index (χ4n) is 4.84. The molecule has 0 unspecified atom stereocenters. The number of primary amides is 1.